The first-order valence-corrected chi connectivity index (χ1v) is 8.66. The number of sulfonamides is 1. The third-order valence-corrected chi connectivity index (χ3v) is 7.13. The Bertz CT molecular complexity index is 483. The van der Waals surface area contributed by atoms with Crippen LogP contribution in [0.25, 0.3) is 0 Å². The molecule has 0 spiro atoms. The van der Waals surface area contributed by atoms with Crippen molar-refractivity contribution in [3.63, 3.8) is 0 Å². The standard InChI is InChI=1S/C10H15NO3S3/c1-8-6-11(4-5-15-8)17(13,14)10-3-2-9(7-12)16-10/h2-3,8,12H,4-7H2,1H3. The van der Waals surface area contributed by atoms with Crippen molar-refractivity contribution in [1.82, 2.24) is 4.31 Å². The maximum absolute atomic E-state index is 12.3. The maximum atomic E-state index is 12.3. The van der Waals surface area contributed by atoms with Crippen LogP contribution in [0.5, 0.6) is 0 Å². The van der Waals surface area contributed by atoms with Crippen LogP contribution in [-0.2, 0) is 16.6 Å². The molecule has 7 heteroatoms. The van der Waals surface area contributed by atoms with Gasteiger partial charge in [0, 0.05) is 29.0 Å². The molecular weight excluding hydrogens is 278 g/mol. The van der Waals surface area contributed by atoms with E-state index in [9.17, 15) is 8.42 Å². The van der Waals surface area contributed by atoms with E-state index >= 15 is 0 Å². The summed E-state index contributed by atoms with van der Waals surface area (Å²) < 4.78 is 26.5. The smallest absolute Gasteiger partial charge is 0.252 e. The second-order valence-electron chi connectivity index (χ2n) is 3.92. The van der Waals surface area contributed by atoms with Crippen LogP contribution in [0.2, 0.25) is 0 Å². The zero-order valence-corrected chi connectivity index (χ0v) is 11.9. The van der Waals surface area contributed by atoms with Crippen molar-refractivity contribution in [2.75, 3.05) is 18.8 Å². The van der Waals surface area contributed by atoms with Gasteiger partial charge in [-0.25, -0.2) is 8.42 Å². The molecule has 1 aliphatic heterocycles. The Morgan fingerprint density at radius 1 is 1.53 bits per heavy atom. The van der Waals surface area contributed by atoms with Crippen molar-refractivity contribution in [3.8, 4) is 0 Å². The molecule has 0 amide bonds. The number of aliphatic hydroxyl groups is 1. The average Bonchev–Trinajstić information content (AvgIpc) is 2.78. The fourth-order valence-corrected chi connectivity index (χ4v) is 5.84. The molecule has 1 fully saturated rings. The Morgan fingerprint density at radius 3 is 2.88 bits per heavy atom. The quantitative estimate of drug-likeness (QED) is 0.914. The molecule has 1 aromatic heterocycles. The van der Waals surface area contributed by atoms with Gasteiger partial charge in [0.05, 0.1) is 6.61 Å². The molecule has 1 aromatic rings. The van der Waals surface area contributed by atoms with Crippen LogP contribution < -0.4 is 0 Å². The van der Waals surface area contributed by atoms with Gasteiger partial charge in [0.15, 0.2) is 0 Å². The normalized spacial score (nSPS) is 22.8. The van der Waals surface area contributed by atoms with Gasteiger partial charge < -0.3 is 5.11 Å². The molecule has 96 valence electrons. The summed E-state index contributed by atoms with van der Waals surface area (Å²) in [4.78, 5) is 0.683. The highest BCUT2D eigenvalue weighted by Gasteiger charge is 2.29. The summed E-state index contributed by atoms with van der Waals surface area (Å²) in [7, 11) is -3.36. The highest BCUT2D eigenvalue weighted by Crippen LogP contribution is 2.28. The maximum Gasteiger partial charge on any atom is 0.252 e. The zero-order valence-electron chi connectivity index (χ0n) is 9.50. The van der Waals surface area contributed by atoms with Crippen molar-refractivity contribution >= 4 is 33.1 Å². The highest BCUT2D eigenvalue weighted by atomic mass is 32.2. The molecule has 0 aromatic carbocycles. The van der Waals surface area contributed by atoms with Crippen molar-refractivity contribution in [3.05, 3.63) is 17.0 Å². The monoisotopic (exact) mass is 293 g/mol. The van der Waals surface area contributed by atoms with E-state index in [-0.39, 0.29) is 6.61 Å². The SMILES string of the molecule is CC1CN(S(=O)(=O)c2ccc(CO)s2)CCS1. The first kappa shape index (κ1) is 13.4. The van der Waals surface area contributed by atoms with E-state index in [0.29, 0.717) is 27.4 Å². The predicted octanol–water partition coefficient (Wildman–Crippen LogP) is 1.37. The van der Waals surface area contributed by atoms with E-state index in [2.05, 4.69) is 0 Å². The summed E-state index contributed by atoms with van der Waals surface area (Å²) >= 11 is 2.95. The summed E-state index contributed by atoms with van der Waals surface area (Å²) in [6, 6.07) is 3.25. The van der Waals surface area contributed by atoms with Crippen molar-refractivity contribution in [1.29, 1.82) is 0 Å². The Labute approximate surface area is 110 Å². The Kier molecular flexibility index (Phi) is 4.14. The number of hydrogen-bond donors (Lipinski definition) is 1. The van der Waals surface area contributed by atoms with Gasteiger partial charge >= 0.3 is 0 Å². The lowest BCUT2D eigenvalue weighted by Crippen LogP contribution is -2.40. The van der Waals surface area contributed by atoms with Crippen molar-refractivity contribution < 1.29 is 13.5 Å². The summed E-state index contributed by atoms with van der Waals surface area (Å²) in [5, 5.41) is 9.31. The molecule has 0 radical (unpaired) electrons. The predicted molar refractivity (Wildman–Crippen MR) is 70.9 cm³/mol. The molecule has 1 N–H and O–H groups in total. The van der Waals surface area contributed by atoms with Gasteiger partial charge in [0.1, 0.15) is 4.21 Å². The molecule has 0 aliphatic carbocycles. The molecule has 1 aliphatic rings. The number of hydrogen-bond acceptors (Lipinski definition) is 5. The molecule has 1 unspecified atom stereocenters. The lowest BCUT2D eigenvalue weighted by atomic mass is 10.4. The van der Waals surface area contributed by atoms with Gasteiger partial charge in [-0.2, -0.15) is 16.1 Å². The lowest BCUT2D eigenvalue weighted by molar-refractivity contribution is 0.285. The second kappa shape index (κ2) is 5.27. The van der Waals surface area contributed by atoms with Crippen molar-refractivity contribution in [2.24, 2.45) is 0 Å². The Hall–Kier alpha value is -0.0800. The van der Waals surface area contributed by atoms with Crippen LogP contribution in [0.15, 0.2) is 16.3 Å². The highest BCUT2D eigenvalue weighted by molar-refractivity contribution is 8.00. The van der Waals surface area contributed by atoms with Crippen LogP contribution >= 0.6 is 23.1 Å². The van der Waals surface area contributed by atoms with E-state index in [1.807, 2.05) is 6.92 Å². The topological polar surface area (TPSA) is 57.6 Å². The number of nitrogens with zero attached hydrogens (tertiary/aromatic N) is 1. The van der Waals surface area contributed by atoms with Crippen LogP contribution in [0.3, 0.4) is 0 Å². The summed E-state index contributed by atoms with van der Waals surface area (Å²) in [6.45, 7) is 3.08. The summed E-state index contributed by atoms with van der Waals surface area (Å²) in [6.07, 6.45) is 0. The number of thiophene rings is 1. The van der Waals surface area contributed by atoms with Crippen LogP contribution in [-0.4, -0.2) is 41.9 Å². The summed E-state index contributed by atoms with van der Waals surface area (Å²) in [5.74, 6) is 0.846. The first-order valence-electron chi connectivity index (χ1n) is 5.35. The third-order valence-electron chi connectivity index (χ3n) is 2.59. The fourth-order valence-electron chi connectivity index (χ4n) is 1.71. The van der Waals surface area contributed by atoms with E-state index in [4.69, 9.17) is 5.11 Å². The largest absolute Gasteiger partial charge is 0.391 e. The fraction of sp³-hybridized carbons (Fsp3) is 0.600. The van der Waals surface area contributed by atoms with Gasteiger partial charge in [-0.1, -0.05) is 6.92 Å². The molecular formula is C10H15NO3S3. The zero-order chi connectivity index (χ0) is 12.5. The minimum atomic E-state index is -3.36. The van der Waals surface area contributed by atoms with Crippen LogP contribution in [0, 0.1) is 0 Å². The molecule has 4 nitrogen and oxygen atoms in total. The van der Waals surface area contributed by atoms with Gasteiger partial charge in [-0.05, 0) is 12.1 Å². The minimum Gasteiger partial charge on any atom is -0.391 e. The molecule has 0 bridgehead atoms. The van der Waals surface area contributed by atoms with Crippen LogP contribution in [0.1, 0.15) is 11.8 Å². The van der Waals surface area contributed by atoms with Gasteiger partial charge in [0.25, 0.3) is 10.0 Å². The van der Waals surface area contributed by atoms with Crippen molar-refractivity contribution in [2.45, 2.75) is 23.0 Å². The van der Waals surface area contributed by atoms with E-state index in [1.165, 1.54) is 0 Å². The number of rotatable bonds is 3. The van der Waals surface area contributed by atoms with E-state index in [1.54, 1.807) is 28.2 Å². The van der Waals surface area contributed by atoms with Gasteiger partial charge in [-0.15, -0.1) is 11.3 Å². The molecule has 0 saturated carbocycles. The molecule has 1 saturated heterocycles. The third kappa shape index (κ3) is 2.85. The van der Waals surface area contributed by atoms with Gasteiger partial charge in [0.2, 0.25) is 0 Å². The van der Waals surface area contributed by atoms with Crippen LogP contribution in [0.4, 0.5) is 0 Å². The number of aliphatic hydroxyl groups excluding tert-OH is 1. The van der Waals surface area contributed by atoms with Gasteiger partial charge in [-0.3, -0.25) is 0 Å². The molecule has 2 heterocycles. The number of thioether (sulfide) groups is 1. The Balaban J connectivity index is 2.23. The lowest BCUT2D eigenvalue weighted by Gasteiger charge is -2.29. The van der Waals surface area contributed by atoms with E-state index < -0.39 is 10.0 Å². The summed E-state index contributed by atoms with van der Waals surface area (Å²) in [5.41, 5.74) is 0. The molecule has 2 rings (SSSR count). The first-order chi connectivity index (χ1) is 8.04. The average molecular weight is 293 g/mol. The minimum absolute atomic E-state index is 0.105. The van der Waals surface area contributed by atoms with E-state index in [0.717, 1.165) is 17.1 Å². The Morgan fingerprint density at radius 2 is 2.29 bits per heavy atom. The molecule has 17 heavy (non-hydrogen) atoms. The molecule has 1 atom stereocenters. The second-order valence-corrected chi connectivity index (χ2v) is 8.80.